The van der Waals surface area contributed by atoms with Crippen LogP contribution in [0.25, 0.3) is 0 Å². The van der Waals surface area contributed by atoms with Gasteiger partial charge in [-0.2, -0.15) is 0 Å². The van der Waals surface area contributed by atoms with Crippen molar-refractivity contribution >= 4 is 27.3 Å². The summed E-state index contributed by atoms with van der Waals surface area (Å²) in [6.07, 6.45) is 0.744. The zero-order valence-electron chi connectivity index (χ0n) is 19.0. The lowest BCUT2D eigenvalue weighted by Crippen LogP contribution is -2.38. The average molecular weight is 456 g/mol. The van der Waals surface area contributed by atoms with Gasteiger partial charge in [0.1, 0.15) is 12.2 Å². The minimum Gasteiger partial charge on any atom is -0.360 e. The molecule has 0 unspecified atom stereocenters. The van der Waals surface area contributed by atoms with Gasteiger partial charge in [-0.1, -0.05) is 56.3 Å². The monoisotopic (exact) mass is 455 g/mol. The zero-order chi connectivity index (χ0) is 23.5. The van der Waals surface area contributed by atoms with Crippen molar-refractivity contribution in [2.45, 2.75) is 51.9 Å². The summed E-state index contributed by atoms with van der Waals surface area (Å²) in [5.41, 5.74) is 3.37. The van der Waals surface area contributed by atoms with E-state index >= 15 is 0 Å². The Labute approximate surface area is 189 Å². The topological polar surface area (TPSA) is 92.5 Å². The molecular weight excluding hydrogens is 426 g/mol. The fourth-order valence-electron chi connectivity index (χ4n) is 3.56. The number of para-hydroxylation sites is 1. The van der Waals surface area contributed by atoms with Crippen LogP contribution in [0.15, 0.2) is 57.9 Å². The Kier molecular flexibility index (Phi) is 7.03. The first-order valence-electron chi connectivity index (χ1n) is 10.6. The van der Waals surface area contributed by atoms with E-state index in [1.165, 1.54) is 0 Å². The molecule has 0 aliphatic heterocycles. The number of rotatable bonds is 8. The van der Waals surface area contributed by atoms with E-state index in [1.54, 1.807) is 32.0 Å². The first-order valence-corrected chi connectivity index (χ1v) is 12.0. The van der Waals surface area contributed by atoms with Crippen LogP contribution in [0.5, 0.6) is 0 Å². The molecule has 8 heteroatoms. The van der Waals surface area contributed by atoms with E-state index in [-0.39, 0.29) is 22.9 Å². The maximum absolute atomic E-state index is 13.6. The van der Waals surface area contributed by atoms with E-state index in [9.17, 15) is 13.2 Å². The molecule has 0 radical (unpaired) electrons. The first-order chi connectivity index (χ1) is 15.1. The molecule has 2 aromatic carbocycles. The van der Waals surface area contributed by atoms with Gasteiger partial charge >= 0.3 is 0 Å². The van der Waals surface area contributed by atoms with Gasteiger partial charge in [-0.15, -0.1) is 0 Å². The lowest BCUT2D eigenvalue weighted by molar-refractivity contribution is -0.114. The van der Waals surface area contributed by atoms with Gasteiger partial charge in [-0.3, -0.25) is 9.10 Å². The van der Waals surface area contributed by atoms with Crippen LogP contribution in [0.3, 0.4) is 0 Å². The number of nitrogens with zero attached hydrogens (tertiary/aromatic N) is 2. The molecule has 1 aromatic heterocycles. The third-order valence-electron chi connectivity index (χ3n) is 5.32. The van der Waals surface area contributed by atoms with Crippen molar-refractivity contribution in [3.8, 4) is 0 Å². The average Bonchev–Trinajstić information content (AvgIpc) is 3.11. The highest BCUT2D eigenvalue weighted by Gasteiger charge is 2.33. The number of amides is 1. The molecule has 3 aromatic rings. The molecule has 0 saturated heterocycles. The van der Waals surface area contributed by atoms with Crippen molar-refractivity contribution in [2.24, 2.45) is 0 Å². The molecule has 0 atom stereocenters. The fraction of sp³-hybridized carbons (Fsp3) is 0.333. The van der Waals surface area contributed by atoms with Crippen LogP contribution < -0.4 is 9.62 Å². The molecule has 0 aliphatic carbocycles. The van der Waals surface area contributed by atoms with Crippen LogP contribution >= 0.6 is 0 Å². The van der Waals surface area contributed by atoms with E-state index < -0.39 is 15.9 Å². The van der Waals surface area contributed by atoms with Crippen LogP contribution in [0.4, 0.5) is 11.4 Å². The maximum atomic E-state index is 13.6. The number of anilines is 2. The molecule has 0 aliphatic rings. The molecule has 0 bridgehead atoms. The largest absolute Gasteiger partial charge is 0.360 e. The van der Waals surface area contributed by atoms with Gasteiger partial charge in [0.15, 0.2) is 10.7 Å². The summed E-state index contributed by atoms with van der Waals surface area (Å²) in [4.78, 5) is 12.9. The Morgan fingerprint density at radius 3 is 2.31 bits per heavy atom. The van der Waals surface area contributed by atoms with E-state index in [1.807, 2.05) is 37.3 Å². The van der Waals surface area contributed by atoms with Crippen LogP contribution in [0.2, 0.25) is 0 Å². The predicted molar refractivity (Wildman–Crippen MR) is 125 cm³/mol. The fourth-order valence-corrected chi connectivity index (χ4v) is 5.28. The molecule has 3 rings (SSSR count). The van der Waals surface area contributed by atoms with Gasteiger partial charge in [-0.05, 0) is 55.5 Å². The van der Waals surface area contributed by atoms with E-state index in [0.717, 1.165) is 21.9 Å². The predicted octanol–water partition coefficient (Wildman–Crippen LogP) is 4.81. The van der Waals surface area contributed by atoms with Crippen LogP contribution in [0.1, 0.15) is 49.3 Å². The van der Waals surface area contributed by atoms with Gasteiger partial charge in [0.05, 0.1) is 5.69 Å². The molecule has 7 nitrogen and oxygen atoms in total. The number of aryl methyl sites for hydroxylation is 3. The minimum absolute atomic E-state index is 0.0211. The number of carbonyl (C=O) groups excluding carboxylic acids is 1. The molecule has 1 amide bonds. The molecule has 1 heterocycles. The molecule has 170 valence electrons. The Morgan fingerprint density at radius 1 is 1.09 bits per heavy atom. The van der Waals surface area contributed by atoms with Crippen molar-refractivity contribution in [3.63, 3.8) is 0 Å². The molecule has 0 spiro atoms. The Hall–Kier alpha value is -3.13. The van der Waals surface area contributed by atoms with Gasteiger partial charge in [0.2, 0.25) is 5.91 Å². The van der Waals surface area contributed by atoms with Crippen molar-refractivity contribution in [2.75, 3.05) is 16.2 Å². The summed E-state index contributed by atoms with van der Waals surface area (Å²) in [6, 6.07) is 14.7. The number of hydrogen-bond donors (Lipinski definition) is 1. The maximum Gasteiger partial charge on any atom is 0.270 e. The van der Waals surface area contributed by atoms with E-state index in [2.05, 4.69) is 24.3 Å². The Bertz CT molecular complexity index is 1180. The standard InChI is InChI=1S/C24H29N3O4S/c1-6-19-9-7-8-10-22(19)25-23(28)15-27(21-13-11-20(12-14-21)16(2)3)32(29,30)24-17(4)26-31-18(24)5/h7-14,16H,6,15H2,1-5H3,(H,25,28). The third-order valence-corrected chi connectivity index (χ3v) is 7.34. The van der Waals surface area contributed by atoms with E-state index in [4.69, 9.17) is 4.52 Å². The quantitative estimate of drug-likeness (QED) is 0.526. The lowest BCUT2D eigenvalue weighted by atomic mass is 10.0. The smallest absolute Gasteiger partial charge is 0.270 e. The van der Waals surface area contributed by atoms with Gasteiger partial charge in [0, 0.05) is 5.69 Å². The van der Waals surface area contributed by atoms with Gasteiger partial charge in [-0.25, -0.2) is 8.42 Å². The third kappa shape index (κ3) is 4.85. The number of aromatic nitrogens is 1. The highest BCUT2D eigenvalue weighted by Crippen LogP contribution is 2.29. The summed E-state index contributed by atoms with van der Waals surface area (Å²) in [6.45, 7) is 8.85. The van der Waals surface area contributed by atoms with Crippen molar-refractivity contribution in [1.82, 2.24) is 5.16 Å². The summed E-state index contributed by atoms with van der Waals surface area (Å²) in [7, 11) is -4.09. The van der Waals surface area contributed by atoms with Gasteiger partial charge < -0.3 is 9.84 Å². The second-order valence-corrected chi connectivity index (χ2v) is 9.77. The molecule has 1 N–H and O–H groups in total. The zero-order valence-corrected chi connectivity index (χ0v) is 19.9. The molecular formula is C24H29N3O4S. The van der Waals surface area contributed by atoms with Crippen molar-refractivity contribution < 1.29 is 17.7 Å². The number of sulfonamides is 1. The second-order valence-electron chi connectivity index (χ2n) is 7.97. The molecule has 32 heavy (non-hydrogen) atoms. The SMILES string of the molecule is CCc1ccccc1NC(=O)CN(c1ccc(C(C)C)cc1)S(=O)(=O)c1c(C)noc1C. The normalized spacial score (nSPS) is 11.6. The molecule has 0 fully saturated rings. The van der Waals surface area contributed by atoms with Crippen molar-refractivity contribution in [3.05, 3.63) is 71.1 Å². The number of carbonyl (C=O) groups is 1. The van der Waals surface area contributed by atoms with Crippen molar-refractivity contribution in [1.29, 1.82) is 0 Å². The van der Waals surface area contributed by atoms with Crippen LogP contribution in [-0.4, -0.2) is 26.0 Å². The van der Waals surface area contributed by atoms with Gasteiger partial charge in [0.25, 0.3) is 10.0 Å². The van der Waals surface area contributed by atoms with Crippen LogP contribution in [-0.2, 0) is 21.2 Å². The number of benzene rings is 2. The highest BCUT2D eigenvalue weighted by molar-refractivity contribution is 7.93. The second kappa shape index (κ2) is 9.56. The summed E-state index contributed by atoms with van der Waals surface area (Å²) in [5.74, 6) is 0.0442. The lowest BCUT2D eigenvalue weighted by Gasteiger charge is -2.24. The number of nitrogens with one attached hydrogen (secondary N) is 1. The Morgan fingerprint density at radius 2 is 1.75 bits per heavy atom. The minimum atomic E-state index is -4.09. The summed E-state index contributed by atoms with van der Waals surface area (Å²) >= 11 is 0. The Balaban J connectivity index is 1.99. The first kappa shape index (κ1) is 23.5. The summed E-state index contributed by atoms with van der Waals surface area (Å²) in [5, 5.41) is 6.64. The number of hydrogen-bond acceptors (Lipinski definition) is 5. The molecule has 0 saturated carbocycles. The van der Waals surface area contributed by atoms with E-state index in [0.29, 0.717) is 17.3 Å². The highest BCUT2D eigenvalue weighted by atomic mass is 32.2. The summed E-state index contributed by atoms with van der Waals surface area (Å²) < 4.78 is 33.4. The van der Waals surface area contributed by atoms with Crippen LogP contribution in [0, 0.1) is 13.8 Å².